The number of carbonyl (C=O) groups excluding carboxylic acids is 1. The summed E-state index contributed by atoms with van der Waals surface area (Å²) in [5.74, 6) is -0.506. The highest BCUT2D eigenvalue weighted by molar-refractivity contribution is 7.91. The second-order valence-electron chi connectivity index (χ2n) is 6.10. The van der Waals surface area contributed by atoms with E-state index in [0.29, 0.717) is 23.2 Å². The van der Waals surface area contributed by atoms with E-state index in [4.69, 9.17) is 0 Å². The molecule has 0 spiro atoms. The average molecular weight is 351 g/mol. The molecule has 8 heteroatoms. The standard InChI is InChI=1S/C16H18FN3O3S/c1-10-7-11(3-4-13(10)17)14-8-15(19-18-14)16(21)20(2)12-5-6-24(22,23)9-12/h3-4,7-8,12H,5-6,9H2,1-2H3,(H,18,19). The summed E-state index contributed by atoms with van der Waals surface area (Å²) in [5, 5.41) is 6.78. The van der Waals surface area contributed by atoms with E-state index in [-0.39, 0.29) is 35.0 Å². The molecule has 3 rings (SSSR count). The van der Waals surface area contributed by atoms with E-state index >= 15 is 0 Å². The van der Waals surface area contributed by atoms with Crippen molar-refractivity contribution in [3.8, 4) is 11.3 Å². The van der Waals surface area contributed by atoms with Crippen LogP contribution in [0.3, 0.4) is 0 Å². The minimum atomic E-state index is -3.06. The summed E-state index contributed by atoms with van der Waals surface area (Å²) in [4.78, 5) is 14.0. The molecular weight excluding hydrogens is 333 g/mol. The number of aromatic amines is 1. The Morgan fingerprint density at radius 1 is 1.38 bits per heavy atom. The molecule has 0 aliphatic carbocycles. The molecule has 1 aromatic carbocycles. The minimum Gasteiger partial charge on any atom is -0.336 e. The number of hydrogen-bond donors (Lipinski definition) is 1. The van der Waals surface area contributed by atoms with E-state index in [9.17, 15) is 17.6 Å². The summed E-state index contributed by atoms with van der Waals surface area (Å²) in [6, 6.07) is 5.89. The molecule has 1 aromatic heterocycles. The summed E-state index contributed by atoms with van der Waals surface area (Å²) in [6.45, 7) is 1.66. The molecule has 1 atom stereocenters. The number of rotatable bonds is 3. The van der Waals surface area contributed by atoms with Gasteiger partial charge in [-0.3, -0.25) is 9.89 Å². The van der Waals surface area contributed by atoms with Gasteiger partial charge < -0.3 is 4.90 Å². The van der Waals surface area contributed by atoms with Crippen molar-refractivity contribution >= 4 is 15.7 Å². The predicted molar refractivity (Wildman–Crippen MR) is 87.9 cm³/mol. The highest BCUT2D eigenvalue weighted by Crippen LogP contribution is 2.22. The lowest BCUT2D eigenvalue weighted by Gasteiger charge is -2.22. The highest BCUT2D eigenvalue weighted by Gasteiger charge is 2.33. The lowest BCUT2D eigenvalue weighted by molar-refractivity contribution is 0.0741. The van der Waals surface area contributed by atoms with Crippen LogP contribution in [-0.4, -0.2) is 54.0 Å². The van der Waals surface area contributed by atoms with Gasteiger partial charge in [-0.25, -0.2) is 12.8 Å². The van der Waals surface area contributed by atoms with Crippen molar-refractivity contribution in [3.63, 3.8) is 0 Å². The van der Waals surface area contributed by atoms with Gasteiger partial charge in [-0.05, 0) is 43.2 Å². The summed E-state index contributed by atoms with van der Waals surface area (Å²) in [7, 11) is -1.46. The third kappa shape index (κ3) is 3.19. The molecule has 1 amide bonds. The van der Waals surface area contributed by atoms with Crippen molar-refractivity contribution in [2.45, 2.75) is 19.4 Å². The Labute approximate surface area is 139 Å². The van der Waals surface area contributed by atoms with E-state index in [1.165, 1.54) is 11.0 Å². The maximum atomic E-state index is 13.4. The van der Waals surface area contributed by atoms with Gasteiger partial charge >= 0.3 is 0 Å². The maximum absolute atomic E-state index is 13.4. The predicted octanol–water partition coefficient (Wildman–Crippen LogP) is 1.78. The number of aromatic nitrogens is 2. The van der Waals surface area contributed by atoms with E-state index in [0.717, 1.165) is 0 Å². The zero-order chi connectivity index (χ0) is 17.5. The number of sulfone groups is 1. The van der Waals surface area contributed by atoms with Gasteiger partial charge in [0.05, 0.1) is 17.2 Å². The third-order valence-corrected chi connectivity index (χ3v) is 6.09. The SMILES string of the molecule is Cc1cc(-c2cc(C(=O)N(C)C3CCS(=O)(=O)C3)[nH]n2)ccc1F. The van der Waals surface area contributed by atoms with E-state index in [2.05, 4.69) is 10.2 Å². The number of amides is 1. The van der Waals surface area contributed by atoms with Crippen molar-refractivity contribution < 1.29 is 17.6 Å². The van der Waals surface area contributed by atoms with Gasteiger partial charge in [0.2, 0.25) is 0 Å². The zero-order valence-electron chi connectivity index (χ0n) is 13.4. The van der Waals surface area contributed by atoms with Crippen molar-refractivity contribution in [3.05, 3.63) is 41.3 Å². The van der Waals surface area contributed by atoms with Crippen molar-refractivity contribution in [2.75, 3.05) is 18.6 Å². The maximum Gasteiger partial charge on any atom is 0.271 e. The Bertz CT molecular complexity index is 892. The number of hydrogen-bond acceptors (Lipinski definition) is 4. The first-order valence-electron chi connectivity index (χ1n) is 7.56. The molecule has 6 nitrogen and oxygen atoms in total. The first-order valence-corrected chi connectivity index (χ1v) is 9.38. The molecule has 128 valence electrons. The zero-order valence-corrected chi connectivity index (χ0v) is 14.2. The highest BCUT2D eigenvalue weighted by atomic mass is 32.2. The van der Waals surface area contributed by atoms with Crippen LogP contribution in [0.4, 0.5) is 4.39 Å². The largest absolute Gasteiger partial charge is 0.336 e. The molecule has 2 aromatic rings. The third-order valence-electron chi connectivity index (χ3n) is 4.34. The second-order valence-corrected chi connectivity index (χ2v) is 8.33. The van der Waals surface area contributed by atoms with Crippen LogP contribution in [0.25, 0.3) is 11.3 Å². The molecule has 1 fully saturated rings. The molecule has 0 bridgehead atoms. The fourth-order valence-corrected chi connectivity index (χ4v) is 4.59. The number of benzene rings is 1. The van der Waals surface area contributed by atoms with E-state index in [1.54, 1.807) is 32.2 Å². The number of H-pyrrole nitrogens is 1. The fraction of sp³-hybridized carbons (Fsp3) is 0.375. The van der Waals surface area contributed by atoms with Gasteiger partial charge in [-0.1, -0.05) is 0 Å². The molecule has 1 saturated heterocycles. The number of nitrogens with zero attached hydrogens (tertiary/aromatic N) is 2. The Morgan fingerprint density at radius 3 is 2.75 bits per heavy atom. The molecule has 1 aliphatic heterocycles. The second kappa shape index (κ2) is 6.01. The average Bonchev–Trinajstić information content (AvgIpc) is 3.15. The molecule has 0 saturated carbocycles. The summed E-state index contributed by atoms with van der Waals surface area (Å²) < 4.78 is 36.5. The van der Waals surface area contributed by atoms with Crippen LogP contribution in [0, 0.1) is 12.7 Å². The molecule has 24 heavy (non-hydrogen) atoms. The molecule has 1 N–H and O–H groups in total. The van der Waals surface area contributed by atoms with Crippen LogP contribution in [0.15, 0.2) is 24.3 Å². The Kier molecular flexibility index (Phi) is 4.16. The number of nitrogens with one attached hydrogen (secondary N) is 1. The van der Waals surface area contributed by atoms with Crippen molar-refractivity contribution in [1.82, 2.24) is 15.1 Å². The molecule has 1 aliphatic rings. The minimum absolute atomic E-state index is 0.00656. The van der Waals surface area contributed by atoms with Crippen LogP contribution in [0.2, 0.25) is 0 Å². The van der Waals surface area contributed by atoms with Crippen LogP contribution in [-0.2, 0) is 9.84 Å². The smallest absolute Gasteiger partial charge is 0.271 e. The molecular formula is C16H18FN3O3S. The molecule has 0 radical (unpaired) electrons. The van der Waals surface area contributed by atoms with E-state index < -0.39 is 9.84 Å². The van der Waals surface area contributed by atoms with Crippen molar-refractivity contribution in [2.24, 2.45) is 0 Å². The summed E-state index contributed by atoms with van der Waals surface area (Å²) in [5.41, 5.74) is 2.01. The van der Waals surface area contributed by atoms with Crippen LogP contribution in [0.1, 0.15) is 22.5 Å². The number of halogens is 1. The van der Waals surface area contributed by atoms with Crippen LogP contribution in [0.5, 0.6) is 0 Å². The molecule has 2 heterocycles. The Balaban J connectivity index is 1.79. The lowest BCUT2D eigenvalue weighted by atomic mass is 10.1. The van der Waals surface area contributed by atoms with Crippen LogP contribution >= 0.6 is 0 Å². The molecule has 1 unspecified atom stereocenters. The van der Waals surface area contributed by atoms with Gasteiger partial charge in [0.15, 0.2) is 9.84 Å². The van der Waals surface area contributed by atoms with Crippen molar-refractivity contribution in [1.29, 1.82) is 0 Å². The van der Waals surface area contributed by atoms with Gasteiger partial charge in [0.25, 0.3) is 5.91 Å². The first-order chi connectivity index (χ1) is 11.3. The Morgan fingerprint density at radius 2 is 2.12 bits per heavy atom. The topological polar surface area (TPSA) is 83.1 Å². The van der Waals surface area contributed by atoms with E-state index in [1.807, 2.05) is 0 Å². The van der Waals surface area contributed by atoms with Gasteiger partial charge in [0, 0.05) is 18.7 Å². The summed E-state index contributed by atoms with van der Waals surface area (Å²) in [6.07, 6.45) is 0.447. The number of aryl methyl sites for hydroxylation is 1. The summed E-state index contributed by atoms with van der Waals surface area (Å²) >= 11 is 0. The normalized spacial score (nSPS) is 19.4. The first kappa shape index (κ1) is 16.6. The lowest BCUT2D eigenvalue weighted by Crippen LogP contribution is -2.38. The monoisotopic (exact) mass is 351 g/mol. The fourth-order valence-electron chi connectivity index (χ4n) is 2.82. The quantitative estimate of drug-likeness (QED) is 0.914. The van der Waals surface area contributed by atoms with Gasteiger partial charge in [-0.2, -0.15) is 5.10 Å². The number of carbonyl (C=O) groups is 1. The Hall–Kier alpha value is -2.22. The van der Waals surface area contributed by atoms with Crippen LogP contribution < -0.4 is 0 Å². The van der Waals surface area contributed by atoms with Gasteiger partial charge in [0.1, 0.15) is 11.5 Å². The van der Waals surface area contributed by atoms with Gasteiger partial charge in [-0.15, -0.1) is 0 Å².